The minimum atomic E-state index is -0.734. The lowest BCUT2D eigenvalue weighted by molar-refractivity contribution is -0.140. The maximum atomic E-state index is 11.0. The maximum Gasteiger partial charge on any atom is 0.320 e. The molecule has 0 saturated heterocycles. The van der Waals surface area contributed by atoms with Gasteiger partial charge in [0, 0.05) is 0 Å². The highest BCUT2D eigenvalue weighted by Crippen LogP contribution is 2.32. The first-order chi connectivity index (χ1) is 9.58. The Morgan fingerprint density at radius 3 is 2.75 bits per heavy atom. The summed E-state index contributed by atoms with van der Waals surface area (Å²) < 4.78 is 5.67. The average Bonchev–Trinajstić information content (AvgIpc) is 3.21. The minimum Gasteiger partial charge on any atom is -0.494 e. The predicted octanol–water partition coefficient (Wildman–Crippen LogP) is 2.53. The summed E-state index contributed by atoms with van der Waals surface area (Å²) in [4.78, 5) is 11.0. The number of aryl methyl sites for hydroxylation is 2. The summed E-state index contributed by atoms with van der Waals surface area (Å²) in [5.74, 6) is 0.473. The van der Waals surface area contributed by atoms with Crippen molar-refractivity contribution in [1.82, 2.24) is 5.32 Å². The molecule has 1 fully saturated rings. The summed E-state index contributed by atoms with van der Waals surface area (Å²) in [5.41, 5.74) is 2.48. The molecule has 1 aliphatic carbocycles. The Kier molecular flexibility index (Phi) is 5.01. The SMILES string of the molecule is Cc1ccc(OCCCNC(C(=O)O)C2CC2)cc1C. The van der Waals surface area contributed by atoms with E-state index in [-0.39, 0.29) is 6.04 Å². The van der Waals surface area contributed by atoms with Crippen LogP contribution in [0.2, 0.25) is 0 Å². The van der Waals surface area contributed by atoms with Gasteiger partial charge in [-0.15, -0.1) is 0 Å². The fourth-order valence-corrected chi connectivity index (χ4v) is 2.21. The van der Waals surface area contributed by atoms with Crippen molar-refractivity contribution in [2.24, 2.45) is 5.92 Å². The molecule has 1 aliphatic rings. The molecule has 0 spiro atoms. The fourth-order valence-electron chi connectivity index (χ4n) is 2.21. The molecule has 2 N–H and O–H groups in total. The molecule has 1 atom stereocenters. The number of hydrogen-bond donors (Lipinski definition) is 2. The third kappa shape index (κ3) is 4.23. The van der Waals surface area contributed by atoms with Crippen LogP contribution in [0.3, 0.4) is 0 Å². The first kappa shape index (κ1) is 14.9. The molecule has 20 heavy (non-hydrogen) atoms. The van der Waals surface area contributed by atoms with E-state index in [1.54, 1.807) is 0 Å². The molecule has 4 nitrogen and oxygen atoms in total. The molecule has 1 saturated carbocycles. The van der Waals surface area contributed by atoms with Crippen molar-refractivity contribution < 1.29 is 14.6 Å². The monoisotopic (exact) mass is 277 g/mol. The van der Waals surface area contributed by atoms with E-state index in [2.05, 4.69) is 25.2 Å². The fraction of sp³-hybridized carbons (Fsp3) is 0.562. The van der Waals surface area contributed by atoms with Crippen LogP contribution in [0.15, 0.2) is 18.2 Å². The topological polar surface area (TPSA) is 58.6 Å². The maximum absolute atomic E-state index is 11.0. The van der Waals surface area contributed by atoms with Crippen LogP contribution in [0.4, 0.5) is 0 Å². The Morgan fingerprint density at radius 1 is 1.40 bits per heavy atom. The summed E-state index contributed by atoms with van der Waals surface area (Å²) >= 11 is 0. The third-order valence-corrected chi connectivity index (χ3v) is 3.79. The molecule has 0 amide bonds. The molecule has 4 heteroatoms. The number of ether oxygens (including phenoxy) is 1. The van der Waals surface area contributed by atoms with Crippen molar-refractivity contribution in [2.75, 3.05) is 13.2 Å². The van der Waals surface area contributed by atoms with Gasteiger partial charge in [-0.3, -0.25) is 4.79 Å². The molecule has 0 aliphatic heterocycles. The highest BCUT2D eigenvalue weighted by Gasteiger charge is 2.35. The van der Waals surface area contributed by atoms with Gasteiger partial charge in [-0.25, -0.2) is 0 Å². The van der Waals surface area contributed by atoms with Gasteiger partial charge in [-0.1, -0.05) is 6.07 Å². The summed E-state index contributed by atoms with van der Waals surface area (Å²) in [6.45, 7) is 5.43. The number of carbonyl (C=O) groups is 1. The molecule has 0 aromatic heterocycles. The predicted molar refractivity (Wildman–Crippen MR) is 78.2 cm³/mol. The Labute approximate surface area is 120 Å². The summed E-state index contributed by atoms with van der Waals surface area (Å²) in [6.07, 6.45) is 2.87. The lowest BCUT2D eigenvalue weighted by Crippen LogP contribution is -2.39. The Hall–Kier alpha value is -1.55. The van der Waals surface area contributed by atoms with E-state index < -0.39 is 5.97 Å². The van der Waals surface area contributed by atoms with Crippen molar-refractivity contribution in [1.29, 1.82) is 0 Å². The number of aliphatic carboxylic acids is 1. The van der Waals surface area contributed by atoms with Crippen LogP contribution in [0.25, 0.3) is 0 Å². The average molecular weight is 277 g/mol. The lowest BCUT2D eigenvalue weighted by atomic mass is 10.1. The van der Waals surface area contributed by atoms with Gasteiger partial charge in [0.25, 0.3) is 0 Å². The Morgan fingerprint density at radius 2 is 2.15 bits per heavy atom. The molecular formula is C16H23NO3. The van der Waals surface area contributed by atoms with E-state index >= 15 is 0 Å². The van der Waals surface area contributed by atoms with Gasteiger partial charge < -0.3 is 15.2 Å². The van der Waals surface area contributed by atoms with Crippen molar-refractivity contribution >= 4 is 5.97 Å². The summed E-state index contributed by atoms with van der Waals surface area (Å²) in [7, 11) is 0. The van der Waals surface area contributed by atoms with E-state index in [1.165, 1.54) is 11.1 Å². The second-order valence-corrected chi connectivity index (χ2v) is 5.56. The number of nitrogens with one attached hydrogen (secondary N) is 1. The second-order valence-electron chi connectivity index (χ2n) is 5.56. The van der Waals surface area contributed by atoms with Crippen molar-refractivity contribution in [3.05, 3.63) is 29.3 Å². The van der Waals surface area contributed by atoms with Gasteiger partial charge in [0.1, 0.15) is 11.8 Å². The van der Waals surface area contributed by atoms with Crippen LogP contribution in [0.1, 0.15) is 30.4 Å². The van der Waals surface area contributed by atoms with E-state index in [4.69, 9.17) is 9.84 Å². The molecule has 1 unspecified atom stereocenters. The summed E-state index contributed by atoms with van der Waals surface area (Å²) in [5, 5.41) is 12.2. The number of rotatable bonds is 8. The molecular weight excluding hydrogens is 254 g/mol. The first-order valence-electron chi connectivity index (χ1n) is 7.24. The van der Waals surface area contributed by atoms with Crippen LogP contribution in [-0.4, -0.2) is 30.3 Å². The van der Waals surface area contributed by atoms with Gasteiger partial charge >= 0.3 is 5.97 Å². The zero-order chi connectivity index (χ0) is 14.5. The molecule has 0 heterocycles. The quantitative estimate of drug-likeness (QED) is 0.717. The van der Waals surface area contributed by atoms with E-state index in [0.717, 1.165) is 25.0 Å². The second kappa shape index (κ2) is 6.75. The van der Waals surface area contributed by atoms with E-state index in [0.29, 0.717) is 19.1 Å². The normalized spacial score (nSPS) is 15.9. The van der Waals surface area contributed by atoms with Gasteiger partial charge in [-0.2, -0.15) is 0 Å². The smallest absolute Gasteiger partial charge is 0.320 e. The largest absolute Gasteiger partial charge is 0.494 e. The zero-order valence-corrected chi connectivity index (χ0v) is 12.2. The van der Waals surface area contributed by atoms with E-state index in [1.807, 2.05) is 12.1 Å². The third-order valence-electron chi connectivity index (χ3n) is 3.79. The lowest BCUT2D eigenvalue weighted by Gasteiger charge is -2.13. The molecule has 110 valence electrons. The number of benzene rings is 1. The minimum absolute atomic E-state index is 0.327. The van der Waals surface area contributed by atoms with Gasteiger partial charge in [0.2, 0.25) is 0 Å². The van der Waals surface area contributed by atoms with Crippen LogP contribution in [0, 0.1) is 19.8 Å². The van der Waals surface area contributed by atoms with Crippen molar-refractivity contribution in [3.63, 3.8) is 0 Å². The highest BCUT2D eigenvalue weighted by atomic mass is 16.5. The van der Waals surface area contributed by atoms with Crippen molar-refractivity contribution in [3.8, 4) is 5.75 Å². The molecule has 2 rings (SSSR count). The van der Waals surface area contributed by atoms with Crippen LogP contribution in [-0.2, 0) is 4.79 Å². The first-order valence-corrected chi connectivity index (χ1v) is 7.24. The molecule has 0 bridgehead atoms. The highest BCUT2D eigenvalue weighted by molar-refractivity contribution is 5.74. The number of hydrogen-bond acceptors (Lipinski definition) is 3. The van der Waals surface area contributed by atoms with Crippen LogP contribution in [0.5, 0.6) is 5.75 Å². The Balaban J connectivity index is 1.65. The standard InChI is InChI=1S/C16H23NO3/c1-11-4-7-14(10-12(11)2)20-9-3-8-17-15(16(18)19)13-5-6-13/h4,7,10,13,15,17H,3,5-6,8-9H2,1-2H3,(H,18,19). The Bertz CT molecular complexity index is 469. The molecule has 0 radical (unpaired) electrons. The van der Waals surface area contributed by atoms with E-state index in [9.17, 15) is 4.79 Å². The molecule has 1 aromatic rings. The van der Waals surface area contributed by atoms with Crippen molar-refractivity contribution in [2.45, 2.75) is 39.2 Å². The summed E-state index contributed by atoms with van der Waals surface area (Å²) in [6, 6.07) is 5.68. The number of carboxylic acid groups (broad SMARTS) is 1. The van der Waals surface area contributed by atoms with Gasteiger partial charge in [-0.05, 0) is 68.8 Å². The van der Waals surface area contributed by atoms with Crippen LogP contribution >= 0.6 is 0 Å². The van der Waals surface area contributed by atoms with Gasteiger partial charge in [0.15, 0.2) is 0 Å². The molecule has 1 aromatic carbocycles. The number of carboxylic acids is 1. The van der Waals surface area contributed by atoms with Crippen LogP contribution < -0.4 is 10.1 Å². The van der Waals surface area contributed by atoms with Gasteiger partial charge in [0.05, 0.1) is 6.61 Å². The zero-order valence-electron chi connectivity index (χ0n) is 12.2.